The van der Waals surface area contributed by atoms with E-state index < -0.39 is 5.79 Å². The molecule has 25 heavy (non-hydrogen) atoms. The lowest BCUT2D eigenvalue weighted by Crippen LogP contribution is -2.31. The lowest BCUT2D eigenvalue weighted by molar-refractivity contribution is -0.165. The van der Waals surface area contributed by atoms with Crippen LogP contribution in [0.25, 0.3) is 22.0 Å². The van der Waals surface area contributed by atoms with Crippen molar-refractivity contribution in [2.24, 2.45) is 0 Å². The van der Waals surface area contributed by atoms with Crippen LogP contribution < -0.4 is 5.56 Å². The summed E-state index contributed by atoms with van der Waals surface area (Å²) in [5, 5.41) is 0.639. The molecule has 0 atom stereocenters. The number of furan rings is 1. The number of ether oxygens (including phenoxy) is 2. The van der Waals surface area contributed by atoms with Crippen molar-refractivity contribution in [3.8, 4) is 11.1 Å². The fraction of sp³-hybridized carbons (Fsp3) is 0.368. The van der Waals surface area contributed by atoms with Crippen molar-refractivity contribution in [3.05, 3.63) is 53.0 Å². The summed E-state index contributed by atoms with van der Waals surface area (Å²) in [5.41, 5.74) is 2.70. The molecule has 2 aromatic heterocycles. The summed E-state index contributed by atoms with van der Waals surface area (Å²) < 4.78 is 18.6. The number of nitrogens with zero attached hydrogens (tertiary/aromatic N) is 2. The Kier molecular flexibility index (Phi) is 3.29. The molecule has 0 amide bonds. The Labute approximate surface area is 144 Å². The van der Waals surface area contributed by atoms with Crippen molar-refractivity contribution >= 4 is 10.9 Å². The third kappa shape index (κ3) is 2.41. The molecule has 3 aromatic rings. The first-order valence-electron chi connectivity index (χ1n) is 8.58. The highest BCUT2D eigenvalue weighted by Gasteiger charge is 2.38. The fourth-order valence-corrected chi connectivity index (χ4v) is 3.79. The van der Waals surface area contributed by atoms with Crippen LogP contribution in [0.5, 0.6) is 0 Å². The van der Waals surface area contributed by atoms with E-state index in [4.69, 9.17) is 18.9 Å². The monoisotopic (exact) mass is 338 g/mol. The first-order valence-corrected chi connectivity index (χ1v) is 8.58. The highest BCUT2D eigenvalue weighted by Crippen LogP contribution is 2.32. The van der Waals surface area contributed by atoms with Gasteiger partial charge < -0.3 is 13.9 Å². The van der Waals surface area contributed by atoms with Crippen LogP contribution in [0, 0.1) is 0 Å². The highest BCUT2D eigenvalue weighted by molar-refractivity contribution is 5.83. The molecule has 0 aliphatic carbocycles. The van der Waals surface area contributed by atoms with Gasteiger partial charge >= 0.3 is 0 Å². The Balaban J connectivity index is 1.60. The van der Waals surface area contributed by atoms with Gasteiger partial charge in [0, 0.05) is 31.4 Å². The molecular weight excluding hydrogens is 320 g/mol. The van der Waals surface area contributed by atoms with E-state index in [1.165, 1.54) is 0 Å². The summed E-state index contributed by atoms with van der Waals surface area (Å²) in [6.07, 6.45) is 5.41. The molecule has 1 spiro atoms. The van der Waals surface area contributed by atoms with Gasteiger partial charge in [-0.2, -0.15) is 0 Å². The largest absolute Gasteiger partial charge is 0.472 e. The maximum Gasteiger partial charge on any atom is 0.261 e. The Morgan fingerprint density at radius 2 is 1.96 bits per heavy atom. The van der Waals surface area contributed by atoms with Gasteiger partial charge in [-0.1, -0.05) is 6.07 Å². The minimum Gasteiger partial charge on any atom is -0.472 e. The van der Waals surface area contributed by atoms with E-state index in [2.05, 4.69) is 0 Å². The van der Waals surface area contributed by atoms with Crippen LogP contribution >= 0.6 is 0 Å². The van der Waals surface area contributed by atoms with Crippen LogP contribution in [-0.4, -0.2) is 28.6 Å². The maximum atomic E-state index is 12.9. The number of hydrogen-bond donors (Lipinski definition) is 0. The average Bonchev–Trinajstić information content (AvgIpc) is 3.28. The predicted octanol–water partition coefficient (Wildman–Crippen LogP) is 2.74. The molecule has 4 heterocycles. The normalized spacial score (nSPS) is 19.2. The number of fused-ring (bicyclic) bond motifs is 2. The number of benzene rings is 1. The molecule has 1 aromatic carbocycles. The molecule has 0 saturated carbocycles. The Hall–Kier alpha value is -2.44. The summed E-state index contributed by atoms with van der Waals surface area (Å²) in [4.78, 5) is 17.7. The van der Waals surface area contributed by atoms with Crippen LogP contribution in [0.2, 0.25) is 0 Å². The first kappa shape index (κ1) is 14.9. The minimum absolute atomic E-state index is 0.00814. The number of aromatic nitrogens is 2. The number of hydrogen-bond acceptors (Lipinski definition) is 5. The quantitative estimate of drug-likeness (QED) is 0.682. The topological polar surface area (TPSA) is 66.5 Å². The zero-order chi connectivity index (χ0) is 16.9. The van der Waals surface area contributed by atoms with Gasteiger partial charge in [-0.3, -0.25) is 9.36 Å². The fourth-order valence-electron chi connectivity index (χ4n) is 3.79. The second kappa shape index (κ2) is 5.54. The molecule has 0 unspecified atom stereocenters. The molecule has 6 nitrogen and oxygen atoms in total. The van der Waals surface area contributed by atoms with Crippen molar-refractivity contribution in [2.75, 3.05) is 13.2 Å². The molecule has 6 heteroatoms. The van der Waals surface area contributed by atoms with Crippen molar-refractivity contribution in [3.63, 3.8) is 0 Å². The second-order valence-corrected chi connectivity index (χ2v) is 6.59. The van der Waals surface area contributed by atoms with E-state index in [1.54, 1.807) is 17.1 Å². The smallest absolute Gasteiger partial charge is 0.261 e. The van der Waals surface area contributed by atoms with Gasteiger partial charge in [0.25, 0.3) is 5.56 Å². The first-order chi connectivity index (χ1) is 12.2. The summed E-state index contributed by atoms with van der Waals surface area (Å²) in [6.45, 7) is 1.81. The van der Waals surface area contributed by atoms with Crippen LogP contribution in [-0.2, 0) is 22.4 Å². The van der Waals surface area contributed by atoms with Gasteiger partial charge in [0.15, 0.2) is 5.79 Å². The number of rotatable bonds is 1. The van der Waals surface area contributed by atoms with Crippen LogP contribution in [0.4, 0.5) is 0 Å². The summed E-state index contributed by atoms with van der Waals surface area (Å²) in [7, 11) is 0. The van der Waals surface area contributed by atoms with Crippen LogP contribution in [0.1, 0.15) is 18.7 Å². The van der Waals surface area contributed by atoms with Gasteiger partial charge in [-0.25, -0.2) is 4.98 Å². The molecule has 0 N–H and O–H groups in total. The zero-order valence-corrected chi connectivity index (χ0v) is 13.7. The molecule has 2 aliphatic heterocycles. The molecule has 2 aliphatic rings. The van der Waals surface area contributed by atoms with E-state index >= 15 is 0 Å². The third-order valence-corrected chi connectivity index (χ3v) is 5.15. The van der Waals surface area contributed by atoms with Gasteiger partial charge in [0.2, 0.25) is 0 Å². The lowest BCUT2D eigenvalue weighted by atomic mass is 10.1. The standard InChI is InChI=1S/C19H18N2O4/c22-18-15-2-1-13(14-4-8-23-12-14)11-16(15)20-17-3-5-19(6-7-21(17)18)24-9-10-25-19/h1-2,4,8,11-12H,3,5-7,9-10H2. The minimum atomic E-state index is -0.547. The third-order valence-electron chi connectivity index (χ3n) is 5.15. The Morgan fingerprint density at radius 3 is 2.76 bits per heavy atom. The van der Waals surface area contributed by atoms with E-state index in [1.807, 2.05) is 24.3 Å². The average molecular weight is 338 g/mol. The van der Waals surface area contributed by atoms with E-state index in [0.29, 0.717) is 38.0 Å². The van der Waals surface area contributed by atoms with E-state index in [9.17, 15) is 4.79 Å². The molecular formula is C19H18N2O4. The van der Waals surface area contributed by atoms with Gasteiger partial charge in [-0.15, -0.1) is 0 Å². The number of aryl methyl sites for hydroxylation is 1. The summed E-state index contributed by atoms with van der Waals surface area (Å²) in [5.74, 6) is 0.256. The van der Waals surface area contributed by atoms with Gasteiger partial charge in [0.1, 0.15) is 5.82 Å². The molecule has 1 saturated heterocycles. The maximum absolute atomic E-state index is 12.9. The zero-order valence-electron chi connectivity index (χ0n) is 13.7. The Bertz CT molecular complexity index is 985. The van der Waals surface area contributed by atoms with Gasteiger partial charge in [0.05, 0.1) is 36.6 Å². The SMILES string of the molecule is O=c1c2ccc(-c3ccoc3)cc2nc2n1CCC1(CC2)OCCO1. The van der Waals surface area contributed by atoms with Gasteiger partial charge in [-0.05, 0) is 23.8 Å². The van der Waals surface area contributed by atoms with Crippen molar-refractivity contribution in [1.29, 1.82) is 0 Å². The molecule has 0 bridgehead atoms. The van der Waals surface area contributed by atoms with Crippen molar-refractivity contribution in [1.82, 2.24) is 9.55 Å². The van der Waals surface area contributed by atoms with Crippen molar-refractivity contribution < 1.29 is 13.9 Å². The highest BCUT2D eigenvalue weighted by atomic mass is 16.7. The van der Waals surface area contributed by atoms with E-state index in [0.717, 1.165) is 28.9 Å². The molecule has 0 radical (unpaired) electrons. The van der Waals surface area contributed by atoms with Crippen LogP contribution in [0.3, 0.4) is 0 Å². The summed E-state index contributed by atoms with van der Waals surface area (Å²) >= 11 is 0. The second-order valence-electron chi connectivity index (χ2n) is 6.59. The molecule has 128 valence electrons. The predicted molar refractivity (Wildman–Crippen MR) is 91.3 cm³/mol. The molecule has 5 rings (SSSR count). The lowest BCUT2D eigenvalue weighted by Gasteiger charge is -2.24. The van der Waals surface area contributed by atoms with Crippen LogP contribution in [0.15, 0.2) is 46.0 Å². The Morgan fingerprint density at radius 1 is 1.08 bits per heavy atom. The van der Waals surface area contributed by atoms with E-state index in [-0.39, 0.29) is 5.56 Å². The van der Waals surface area contributed by atoms with Crippen molar-refractivity contribution in [2.45, 2.75) is 31.6 Å². The molecule has 1 fully saturated rings. The summed E-state index contributed by atoms with van der Waals surface area (Å²) in [6, 6.07) is 7.63.